The third kappa shape index (κ3) is 5.21. The lowest BCUT2D eigenvalue weighted by Gasteiger charge is -2.08. The number of hydrogen-bond donors (Lipinski definition) is 1. The van der Waals surface area contributed by atoms with Crippen molar-refractivity contribution in [3.05, 3.63) is 70.7 Å². The summed E-state index contributed by atoms with van der Waals surface area (Å²) in [5, 5.41) is 10.5. The summed E-state index contributed by atoms with van der Waals surface area (Å²) in [4.78, 5) is 12.3. The van der Waals surface area contributed by atoms with Gasteiger partial charge in [0.2, 0.25) is 5.91 Å². The van der Waals surface area contributed by atoms with Crippen LogP contribution in [-0.2, 0) is 21.1 Å². The molecule has 0 aliphatic heterocycles. The van der Waals surface area contributed by atoms with E-state index in [-0.39, 0.29) is 17.4 Å². The van der Waals surface area contributed by atoms with Crippen molar-refractivity contribution in [2.24, 2.45) is 0 Å². The first-order chi connectivity index (χ1) is 12.8. The third-order valence-electron chi connectivity index (χ3n) is 3.74. The molecule has 0 radical (unpaired) electrons. The summed E-state index contributed by atoms with van der Waals surface area (Å²) < 4.78 is 23.9. The van der Waals surface area contributed by atoms with Crippen LogP contribution in [0, 0.1) is 0 Å². The van der Waals surface area contributed by atoms with Crippen LogP contribution in [0.15, 0.2) is 70.2 Å². The predicted octanol–water partition coefficient (Wildman–Crippen LogP) is 3.49. The van der Waals surface area contributed by atoms with E-state index in [1.54, 1.807) is 24.3 Å². The van der Waals surface area contributed by atoms with Crippen molar-refractivity contribution >= 4 is 37.4 Å². The van der Waals surface area contributed by atoms with E-state index >= 15 is 0 Å². The molecule has 1 N–H and O–H groups in total. The highest BCUT2D eigenvalue weighted by molar-refractivity contribution is 9.10. The molecule has 27 heavy (non-hydrogen) atoms. The summed E-state index contributed by atoms with van der Waals surface area (Å²) in [5.41, 5.74) is 2.79. The fourth-order valence-corrected chi connectivity index (χ4v) is 3.19. The van der Waals surface area contributed by atoms with Gasteiger partial charge in [-0.1, -0.05) is 40.2 Å². The molecule has 0 atom stereocenters. The molecule has 0 fully saturated rings. The number of carbonyl (C=O) groups is 1. The predicted molar refractivity (Wildman–Crippen MR) is 107 cm³/mol. The normalized spacial score (nSPS) is 11.2. The Hall–Kier alpha value is -2.58. The minimum absolute atomic E-state index is 0.0785. The lowest BCUT2D eigenvalue weighted by molar-refractivity contribution is -0.115. The van der Waals surface area contributed by atoms with Gasteiger partial charge in [0, 0.05) is 22.0 Å². The molecular formula is C19H16BrN3O3S. The fourth-order valence-electron chi connectivity index (χ4n) is 2.42. The highest BCUT2D eigenvalue weighted by Crippen LogP contribution is 2.21. The Morgan fingerprint density at radius 2 is 1.78 bits per heavy atom. The summed E-state index contributed by atoms with van der Waals surface area (Å²) in [6.07, 6.45) is 1.35. The second-order valence-corrected chi connectivity index (χ2v) is 8.84. The van der Waals surface area contributed by atoms with Gasteiger partial charge in [0.05, 0.1) is 12.1 Å². The second-order valence-electron chi connectivity index (χ2n) is 5.96. The number of nitrogens with one attached hydrogen (secondary N) is 1. The Balaban J connectivity index is 1.73. The number of nitrogens with zero attached hydrogens (tertiary/aromatic N) is 2. The van der Waals surface area contributed by atoms with E-state index in [2.05, 4.69) is 31.4 Å². The lowest BCUT2D eigenvalue weighted by atomic mass is 10.1. The van der Waals surface area contributed by atoms with Crippen molar-refractivity contribution in [1.29, 1.82) is 0 Å². The van der Waals surface area contributed by atoms with Gasteiger partial charge in [-0.2, -0.15) is 0 Å². The van der Waals surface area contributed by atoms with E-state index in [9.17, 15) is 13.2 Å². The number of halogens is 1. The van der Waals surface area contributed by atoms with Crippen molar-refractivity contribution in [1.82, 2.24) is 10.2 Å². The van der Waals surface area contributed by atoms with Crippen molar-refractivity contribution in [3.8, 4) is 11.3 Å². The molecular weight excluding hydrogens is 430 g/mol. The summed E-state index contributed by atoms with van der Waals surface area (Å²) in [7, 11) is -3.39. The van der Waals surface area contributed by atoms with E-state index in [4.69, 9.17) is 0 Å². The molecule has 0 saturated heterocycles. The molecule has 0 aliphatic rings. The summed E-state index contributed by atoms with van der Waals surface area (Å²) in [5.74, 6) is -0.131. The maximum Gasteiger partial charge on any atom is 0.228 e. The van der Waals surface area contributed by atoms with Crippen molar-refractivity contribution in [2.45, 2.75) is 11.4 Å². The van der Waals surface area contributed by atoms with E-state index < -0.39 is 9.84 Å². The lowest BCUT2D eigenvalue weighted by Crippen LogP contribution is -2.14. The summed E-state index contributed by atoms with van der Waals surface area (Å²) in [6, 6.07) is 17.7. The minimum Gasteiger partial charge on any atom is -0.326 e. The molecule has 138 valence electrons. The van der Waals surface area contributed by atoms with Gasteiger partial charge < -0.3 is 5.32 Å². The Labute approximate surface area is 165 Å². The SMILES string of the molecule is CS(=O)(=O)c1ccc(-c2cccc(NC(=O)Cc3ccc(Br)cc3)c2)nn1. The van der Waals surface area contributed by atoms with Crippen molar-refractivity contribution < 1.29 is 13.2 Å². The van der Waals surface area contributed by atoms with Gasteiger partial charge in [-0.05, 0) is 42.0 Å². The number of sulfone groups is 1. The van der Waals surface area contributed by atoms with Crippen LogP contribution < -0.4 is 5.32 Å². The van der Waals surface area contributed by atoms with Gasteiger partial charge in [0.25, 0.3) is 0 Å². The molecule has 3 rings (SSSR count). The van der Waals surface area contributed by atoms with Crippen LogP contribution in [0.5, 0.6) is 0 Å². The Bertz CT molecular complexity index is 1070. The number of rotatable bonds is 5. The topological polar surface area (TPSA) is 89.0 Å². The average molecular weight is 446 g/mol. The van der Waals surface area contributed by atoms with Crippen molar-refractivity contribution in [3.63, 3.8) is 0 Å². The maximum atomic E-state index is 12.3. The molecule has 3 aromatic rings. The van der Waals surface area contributed by atoms with Gasteiger partial charge >= 0.3 is 0 Å². The van der Waals surface area contributed by atoms with E-state index in [1.807, 2.05) is 30.3 Å². The smallest absolute Gasteiger partial charge is 0.228 e. The molecule has 2 aromatic carbocycles. The highest BCUT2D eigenvalue weighted by atomic mass is 79.9. The molecule has 0 aliphatic carbocycles. The first-order valence-electron chi connectivity index (χ1n) is 8.00. The quantitative estimate of drug-likeness (QED) is 0.648. The maximum absolute atomic E-state index is 12.3. The van der Waals surface area contributed by atoms with Crippen LogP contribution in [0.3, 0.4) is 0 Å². The van der Waals surface area contributed by atoms with Crippen LogP contribution in [0.25, 0.3) is 11.3 Å². The van der Waals surface area contributed by atoms with Crippen molar-refractivity contribution in [2.75, 3.05) is 11.6 Å². The molecule has 0 spiro atoms. The number of hydrogen-bond acceptors (Lipinski definition) is 5. The van der Waals surface area contributed by atoms with E-state index in [0.29, 0.717) is 11.4 Å². The van der Waals surface area contributed by atoms with E-state index in [0.717, 1.165) is 21.9 Å². The number of anilines is 1. The molecule has 8 heteroatoms. The number of benzene rings is 2. The summed E-state index contributed by atoms with van der Waals surface area (Å²) in [6.45, 7) is 0. The zero-order valence-corrected chi connectivity index (χ0v) is 16.8. The van der Waals surface area contributed by atoms with Gasteiger partial charge in [-0.25, -0.2) is 8.42 Å². The fraction of sp³-hybridized carbons (Fsp3) is 0.105. The number of aromatic nitrogens is 2. The minimum atomic E-state index is -3.39. The molecule has 0 unspecified atom stereocenters. The Morgan fingerprint density at radius 1 is 1.04 bits per heavy atom. The molecule has 0 bridgehead atoms. The van der Waals surface area contributed by atoms with Crippen LogP contribution in [0.2, 0.25) is 0 Å². The standard InChI is InChI=1S/C19H16BrN3O3S/c1-27(25,26)19-10-9-17(22-23-19)14-3-2-4-16(12-14)21-18(24)11-13-5-7-15(20)8-6-13/h2-10,12H,11H2,1H3,(H,21,24). The molecule has 1 aromatic heterocycles. The van der Waals surface area contributed by atoms with Gasteiger partial charge in [0.1, 0.15) is 0 Å². The number of carbonyl (C=O) groups excluding carboxylic acids is 1. The molecule has 0 saturated carbocycles. The zero-order chi connectivity index (χ0) is 19.4. The summed E-state index contributed by atoms with van der Waals surface area (Å²) >= 11 is 3.37. The molecule has 1 heterocycles. The first kappa shape index (κ1) is 19.2. The Kier molecular flexibility index (Phi) is 5.67. The molecule has 1 amide bonds. The van der Waals surface area contributed by atoms with Gasteiger partial charge in [0.15, 0.2) is 14.9 Å². The van der Waals surface area contributed by atoms with Gasteiger partial charge in [-0.3, -0.25) is 4.79 Å². The zero-order valence-electron chi connectivity index (χ0n) is 14.4. The third-order valence-corrected chi connectivity index (χ3v) is 5.25. The van der Waals surface area contributed by atoms with E-state index in [1.165, 1.54) is 6.07 Å². The monoisotopic (exact) mass is 445 g/mol. The second kappa shape index (κ2) is 7.98. The largest absolute Gasteiger partial charge is 0.326 e. The van der Waals surface area contributed by atoms with Crippen LogP contribution in [0.1, 0.15) is 5.56 Å². The molecule has 6 nitrogen and oxygen atoms in total. The first-order valence-corrected chi connectivity index (χ1v) is 10.7. The van der Waals surface area contributed by atoms with Crippen LogP contribution >= 0.6 is 15.9 Å². The Morgan fingerprint density at radius 3 is 2.41 bits per heavy atom. The number of amides is 1. The highest BCUT2D eigenvalue weighted by Gasteiger charge is 2.11. The van der Waals surface area contributed by atoms with Crippen LogP contribution in [-0.4, -0.2) is 30.8 Å². The van der Waals surface area contributed by atoms with Gasteiger partial charge in [-0.15, -0.1) is 10.2 Å². The average Bonchev–Trinajstić information content (AvgIpc) is 2.63. The van der Waals surface area contributed by atoms with Crippen LogP contribution in [0.4, 0.5) is 5.69 Å².